The van der Waals surface area contributed by atoms with Gasteiger partial charge in [-0.05, 0) is 46.2 Å². The van der Waals surface area contributed by atoms with Crippen molar-refractivity contribution in [2.45, 2.75) is 46.6 Å². The van der Waals surface area contributed by atoms with E-state index in [0.717, 1.165) is 11.1 Å². The van der Waals surface area contributed by atoms with Gasteiger partial charge in [0.05, 0.1) is 13.0 Å². The highest BCUT2D eigenvalue weighted by Gasteiger charge is 2.16. The van der Waals surface area contributed by atoms with E-state index in [1.807, 2.05) is 40.7 Å². The SMILES string of the molecule is CCOc1ncc(CC(=O)OC(C)(C)C)cc1C. The Labute approximate surface area is 108 Å². The molecule has 1 heterocycles. The molecule has 0 fully saturated rings. The maximum absolute atomic E-state index is 11.7. The summed E-state index contributed by atoms with van der Waals surface area (Å²) in [5, 5.41) is 0. The molecule has 0 aliphatic carbocycles. The quantitative estimate of drug-likeness (QED) is 0.772. The molecule has 18 heavy (non-hydrogen) atoms. The van der Waals surface area contributed by atoms with E-state index in [1.54, 1.807) is 6.20 Å². The van der Waals surface area contributed by atoms with Gasteiger partial charge in [-0.3, -0.25) is 4.79 Å². The first-order valence-corrected chi connectivity index (χ1v) is 6.12. The smallest absolute Gasteiger partial charge is 0.310 e. The van der Waals surface area contributed by atoms with E-state index < -0.39 is 5.60 Å². The summed E-state index contributed by atoms with van der Waals surface area (Å²) in [6.07, 6.45) is 1.89. The minimum Gasteiger partial charge on any atom is -0.478 e. The molecule has 0 saturated carbocycles. The maximum Gasteiger partial charge on any atom is 0.310 e. The van der Waals surface area contributed by atoms with E-state index in [-0.39, 0.29) is 12.4 Å². The first-order chi connectivity index (χ1) is 8.31. The maximum atomic E-state index is 11.7. The molecule has 1 rings (SSSR count). The van der Waals surface area contributed by atoms with Gasteiger partial charge in [0.2, 0.25) is 5.88 Å². The molecule has 0 radical (unpaired) electrons. The monoisotopic (exact) mass is 251 g/mol. The summed E-state index contributed by atoms with van der Waals surface area (Å²) in [7, 11) is 0. The van der Waals surface area contributed by atoms with E-state index in [9.17, 15) is 4.79 Å². The standard InChI is InChI=1S/C14H21NO3/c1-6-17-13-10(2)7-11(9-15-13)8-12(16)18-14(3,4)5/h7,9H,6,8H2,1-5H3. The number of nitrogens with zero attached hydrogens (tertiary/aromatic N) is 1. The molecule has 0 unspecified atom stereocenters. The number of pyridine rings is 1. The summed E-state index contributed by atoms with van der Waals surface area (Å²) in [6.45, 7) is 9.97. The van der Waals surface area contributed by atoms with Crippen molar-refractivity contribution in [3.05, 3.63) is 23.4 Å². The number of hydrogen-bond donors (Lipinski definition) is 0. The molecule has 0 aliphatic heterocycles. The van der Waals surface area contributed by atoms with E-state index in [0.29, 0.717) is 12.5 Å². The average Bonchev–Trinajstić information content (AvgIpc) is 2.19. The lowest BCUT2D eigenvalue weighted by molar-refractivity contribution is -0.153. The van der Waals surface area contributed by atoms with Crippen LogP contribution in [0.1, 0.15) is 38.8 Å². The summed E-state index contributed by atoms with van der Waals surface area (Å²) in [6, 6.07) is 1.90. The summed E-state index contributed by atoms with van der Waals surface area (Å²) in [5.74, 6) is 0.373. The zero-order valence-corrected chi connectivity index (χ0v) is 11.7. The molecule has 4 nitrogen and oxygen atoms in total. The number of carbonyl (C=O) groups excluding carboxylic acids is 1. The van der Waals surface area contributed by atoms with Gasteiger partial charge < -0.3 is 9.47 Å². The molecule has 0 aliphatic rings. The van der Waals surface area contributed by atoms with Crippen LogP contribution in [0.2, 0.25) is 0 Å². The number of ether oxygens (including phenoxy) is 2. The van der Waals surface area contributed by atoms with Crippen LogP contribution in [0.4, 0.5) is 0 Å². The molecular weight excluding hydrogens is 230 g/mol. The first kappa shape index (κ1) is 14.5. The molecule has 0 spiro atoms. The fourth-order valence-electron chi connectivity index (χ4n) is 1.55. The van der Waals surface area contributed by atoms with E-state index >= 15 is 0 Å². The third-order valence-electron chi connectivity index (χ3n) is 2.14. The zero-order valence-electron chi connectivity index (χ0n) is 11.7. The van der Waals surface area contributed by atoms with Crippen LogP contribution in [0.25, 0.3) is 0 Å². The highest BCUT2D eigenvalue weighted by Crippen LogP contribution is 2.16. The number of hydrogen-bond acceptors (Lipinski definition) is 4. The second kappa shape index (κ2) is 5.85. The summed E-state index contributed by atoms with van der Waals surface area (Å²) in [4.78, 5) is 15.9. The Kier molecular flexibility index (Phi) is 4.70. The van der Waals surface area contributed by atoms with Crippen LogP contribution in [0, 0.1) is 6.92 Å². The van der Waals surface area contributed by atoms with Crippen LogP contribution in [-0.2, 0) is 16.0 Å². The van der Waals surface area contributed by atoms with Crippen LogP contribution < -0.4 is 4.74 Å². The molecule has 1 aromatic heterocycles. The van der Waals surface area contributed by atoms with E-state index in [2.05, 4.69) is 4.98 Å². The number of rotatable bonds is 4. The van der Waals surface area contributed by atoms with Crippen molar-refractivity contribution in [3.8, 4) is 5.88 Å². The summed E-state index contributed by atoms with van der Waals surface area (Å²) in [5.41, 5.74) is 1.31. The fraction of sp³-hybridized carbons (Fsp3) is 0.571. The van der Waals surface area contributed by atoms with E-state index in [1.165, 1.54) is 0 Å². The second-order valence-corrected chi connectivity index (χ2v) is 5.16. The fourth-order valence-corrected chi connectivity index (χ4v) is 1.55. The van der Waals surface area contributed by atoms with Gasteiger partial charge in [0, 0.05) is 11.8 Å². The van der Waals surface area contributed by atoms with Crippen LogP contribution in [0.15, 0.2) is 12.3 Å². The molecule has 0 N–H and O–H groups in total. The number of carbonyl (C=O) groups is 1. The number of aromatic nitrogens is 1. The lowest BCUT2D eigenvalue weighted by Crippen LogP contribution is -2.25. The summed E-state index contributed by atoms with van der Waals surface area (Å²) < 4.78 is 10.6. The lowest BCUT2D eigenvalue weighted by atomic mass is 10.1. The van der Waals surface area contributed by atoms with Crippen molar-refractivity contribution in [2.24, 2.45) is 0 Å². The minimum absolute atomic E-state index is 0.234. The largest absolute Gasteiger partial charge is 0.478 e. The molecule has 0 atom stereocenters. The van der Waals surface area contributed by atoms with Crippen molar-refractivity contribution >= 4 is 5.97 Å². The second-order valence-electron chi connectivity index (χ2n) is 5.16. The van der Waals surface area contributed by atoms with Gasteiger partial charge in [-0.25, -0.2) is 4.98 Å². The van der Waals surface area contributed by atoms with Crippen molar-refractivity contribution in [1.82, 2.24) is 4.98 Å². The Bertz CT molecular complexity index is 422. The predicted octanol–water partition coefficient (Wildman–Crippen LogP) is 2.67. The van der Waals surface area contributed by atoms with Crippen molar-refractivity contribution < 1.29 is 14.3 Å². The molecule has 100 valence electrons. The van der Waals surface area contributed by atoms with Crippen LogP contribution >= 0.6 is 0 Å². The topological polar surface area (TPSA) is 48.4 Å². The van der Waals surface area contributed by atoms with Gasteiger partial charge in [-0.1, -0.05) is 0 Å². The van der Waals surface area contributed by atoms with Crippen LogP contribution in [-0.4, -0.2) is 23.2 Å². The Morgan fingerprint density at radius 3 is 2.56 bits per heavy atom. The Balaban J connectivity index is 2.69. The normalized spacial score (nSPS) is 11.2. The molecule has 0 saturated heterocycles. The molecule has 0 bridgehead atoms. The molecule has 1 aromatic rings. The van der Waals surface area contributed by atoms with E-state index in [4.69, 9.17) is 9.47 Å². The van der Waals surface area contributed by atoms with Gasteiger partial charge in [-0.2, -0.15) is 0 Å². The number of aryl methyl sites for hydroxylation is 1. The predicted molar refractivity (Wildman–Crippen MR) is 69.7 cm³/mol. The first-order valence-electron chi connectivity index (χ1n) is 6.12. The number of esters is 1. The molecule has 4 heteroatoms. The van der Waals surface area contributed by atoms with Gasteiger partial charge in [0.25, 0.3) is 0 Å². The highest BCUT2D eigenvalue weighted by atomic mass is 16.6. The van der Waals surface area contributed by atoms with Gasteiger partial charge in [0.15, 0.2) is 0 Å². The Morgan fingerprint density at radius 2 is 2.06 bits per heavy atom. The Hall–Kier alpha value is -1.58. The highest BCUT2D eigenvalue weighted by molar-refractivity contribution is 5.73. The third kappa shape index (κ3) is 4.73. The van der Waals surface area contributed by atoms with Crippen molar-refractivity contribution in [3.63, 3.8) is 0 Å². The molecular formula is C14H21NO3. The van der Waals surface area contributed by atoms with Crippen molar-refractivity contribution in [1.29, 1.82) is 0 Å². The molecule has 0 amide bonds. The lowest BCUT2D eigenvalue weighted by Gasteiger charge is -2.19. The molecule has 0 aromatic carbocycles. The summed E-state index contributed by atoms with van der Waals surface area (Å²) >= 11 is 0. The average molecular weight is 251 g/mol. The zero-order chi connectivity index (χ0) is 13.8. The van der Waals surface area contributed by atoms with Crippen LogP contribution in [0.5, 0.6) is 5.88 Å². The van der Waals surface area contributed by atoms with Crippen LogP contribution in [0.3, 0.4) is 0 Å². The van der Waals surface area contributed by atoms with Gasteiger partial charge in [0.1, 0.15) is 5.60 Å². The Morgan fingerprint density at radius 1 is 1.39 bits per heavy atom. The minimum atomic E-state index is -0.454. The third-order valence-corrected chi connectivity index (χ3v) is 2.14. The van der Waals surface area contributed by atoms with Crippen molar-refractivity contribution in [2.75, 3.05) is 6.61 Å². The van der Waals surface area contributed by atoms with Gasteiger partial charge in [-0.15, -0.1) is 0 Å². The van der Waals surface area contributed by atoms with Gasteiger partial charge >= 0.3 is 5.97 Å².